The summed E-state index contributed by atoms with van der Waals surface area (Å²) in [5.41, 5.74) is 1.44. The molecule has 1 amide bonds. The Morgan fingerprint density at radius 1 is 0.981 bits per heavy atom. The van der Waals surface area contributed by atoms with Crippen LogP contribution in [0.25, 0.3) is 11.2 Å². The van der Waals surface area contributed by atoms with Crippen molar-refractivity contribution < 1.29 is 32.0 Å². The van der Waals surface area contributed by atoms with Crippen molar-refractivity contribution in [1.29, 1.82) is 0 Å². The minimum Gasteiger partial charge on any atom is -0.484 e. The number of para-hydroxylation sites is 1. The van der Waals surface area contributed by atoms with Gasteiger partial charge in [0, 0.05) is 6.42 Å². The number of aromatic nitrogens is 8. The lowest BCUT2D eigenvalue weighted by molar-refractivity contribution is -0.118. The Morgan fingerprint density at radius 3 is 2.35 bits per heavy atom. The van der Waals surface area contributed by atoms with Crippen LogP contribution in [-0.4, -0.2) is 101 Å². The highest BCUT2D eigenvalue weighted by atomic mass is 28.5. The van der Waals surface area contributed by atoms with Gasteiger partial charge in [0.05, 0.1) is 26.6 Å². The second-order valence-electron chi connectivity index (χ2n) is 14.6. The summed E-state index contributed by atoms with van der Waals surface area (Å²) in [6.07, 6.45) is 1.12. The normalized spacial score (nSPS) is 22.9. The Kier molecular flexibility index (Phi) is 11.5. The van der Waals surface area contributed by atoms with Crippen LogP contribution in [0.5, 0.6) is 5.75 Å². The van der Waals surface area contributed by atoms with E-state index in [2.05, 4.69) is 91.1 Å². The van der Waals surface area contributed by atoms with Crippen LogP contribution >= 0.6 is 0 Å². The van der Waals surface area contributed by atoms with Crippen molar-refractivity contribution in [3.05, 3.63) is 48.8 Å². The summed E-state index contributed by atoms with van der Waals surface area (Å²) in [7, 11) is -4.10. The molecular formula is C34H51N9O7Si2. The number of fused-ring (bicyclic) bond motifs is 2. The van der Waals surface area contributed by atoms with E-state index in [1.54, 1.807) is 25.5 Å². The number of anilines is 1. The van der Waals surface area contributed by atoms with Gasteiger partial charge in [0.1, 0.15) is 30.4 Å². The van der Waals surface area contributed by atoms with E-state index in [-0.39, 0.29) is 53.7 Å². The van der Waals surface area contributed by atoms with Crippen molar-refractivity contribution >= 4 is 40.0 Å². The number of benzene rings is 1. The van der Waals surface area contributed by atoms with E-state index in [0.717, 1.165) is 0 Å². The Hall–Kier alpha value is -3.66. The van der Waals surface area contributed by atoms with Crippen molar-refractivity contribution in [3.63, 3.8) is 0 Å². The van der Waals surface area contributed by atoms with Crippen LogP contribution in [0.15, 0.2) is 43.0 Å². The first kappa shape index (κ1) is 38.1. The summed E-state index contributed by atoms with van der Waals surface area (Å²) >= 11 is 0. The van der Waals surface area contributed by atoms with Crippen LogP contribution in [0, 0.1) is 0 Å². The van der Waals surface area contributed by atoms with Gasteiger partial charge < -0.3 is 32.5 Å². The topological polar surface area (TPSA) is 172 Å². The number of hydrogen-bond donors (Lipinski definition) is 1. The van der Waals surface area contributed by atoms with Crippen LogP contribution in [0.3, 0.4) is 0 Å². The minimum atomic E-state index is -3.01. The summed E-state index contributed by atoms with van der Waals surface area (Å²) < 4.78 is 42.9. The number of aryl methyl sites for hydroxylation is 1. The van der Waals surface area contributed by atoms with Gasteiger partial charge in [-0.25, -0.2) is 15.0 Å². The summed E-state index contributed by atoms with van der Waals surface area (Å²) in [6, 6.07) is 9.13. The SMILES string of the molecule is CC(C)[Si]1(C(C)C)OC[C@H]2O[C@@H](n3cnc4c(NC(=O)COc5ccccc5)ncnc43)[C@H](OCCc3nnn(C)n3)[C@@H]2O[Si](C(C)C)(C(C)C)O1. The Balaban J connectivity index is 1.34. The zero-order valence-electron chi connectivity index (χ0n) is 31.4. The van der Waals surface area contributed by atoms with Gasteiger partial charge in [-0.1, -0.05) is 73.6 Å². The van der Waals surface area contributed by atoms with Crippen molar-refractivity contribution in [2.75, 3.05) is 25.1 Å². The van der Waals surface area contributed by atoms with Crippen LogP contribution < -0.4 is 10.1 Å². The first-order valence-electron chi connectivity index (χ1n) is 18.0. The van der Waals surface area contributed by atoms with Gasteiger partial charge in [0.15, 0.2) is 35.6 Å². The standard InChI is InChI=1S/C34H51N9O7Si2/c1-21(2)51(22(3)4)47-17-26-30(49-52(50-51,23(5)6)24(7)8)31(45-16-15-27-39-41-42(9)40-27)34(48-26)43-20-37-29-32(35-19-36-33(29)43)38-28(44)18-46-25-13-11-10-12-14-25/h10-14,19-24,26,30-31,34H,15-18H2,1-9H3,(H,35,36,38,44)/t26-,30-,31-,34-/m1/s1. The lowest BCUT2D eigenvalue weighted by atomic mass is 10.1. The summed E-state index contributed by atoms with van der Waals surface area (Å²) in [5.74, 6) is 1.02. The zero-order valence-corrected chi connectivity index (χ0v) is 33.4. The molecule has 0 radical (unpaired) electrons. The molecule has 6 rings (SSSR count). The first-order valence-corrected chi connectivity index (χ1v) is 22.0. The smallest absolute Gasteiger partial charge is 0.335 e. The summed E-state index contributed by atoms with van der Waals surface area (Å²) in [6.45, 7) is 17.9. The van der Waals surface area contributed by atoms with E-state index in [1.165, 1.54) is 11.1 Å². The van der Waals surface area contributed by atoms with E-state index < -0.39 is 41.7 Å². The molecule has 2 aliphatic heterocycles. The number of nitrogens with one attached hydrogen (secondary N) is 1. The highest BCUT2D eigenvalue weighted by Gasteiger charge is 2.62. The minimum absolute atomic E-state index is 0.113. The molecule has 5 heterocycles. The number of carbonyl (C=O) groups excluding carboxylic acids is 1. The molecule has 52 heavy (non-hydrogen) atoms. The monoisotopic (exact) mass is 753 g/mol. The Bertz CT molecular complexity index is 1790. The van der Waals surface area contributed by atoms with Gasteiger partial charge in [0.25, 0.3) is 5.91 Å². The van der Waals surface area contributed by atoms with Crippen molar-refractivity contribution in [2.45, 2.75) is 109 Å². The molecule has 2 aliphatic rings. The lowest BCUT2D eigenvalue weighted by Crippen LogP contribution is -2.66. The molecule has 0 spiro atoms. The molecule has 0 aliphatic carbocycles. The molecule has 0 saturated carbocycles. The van der Waals surface area contributed by atoms with Crippen molar-refractivity contribution in [1.82, 2.24) is 39.7 Å². The molecule has 3 aromatic heterocycles. The number of carbonyl (C=O) groups is 1. The van der Waals surface area contributed by atoms with Gasteiger partial charge in [-0.05, 0) is 39.5 Å². The fourth-order valence-electron chi connectivity index (χ4n) is 7.20. The largest absolute Gasteiger partial charge is 0.484 e. The highest BCUT2D eigenvalue weighted by molar-refractivity contribution is 6.84. The van der Waals surface area contributed by atoms with E-state index in [0.29, 0.717) is 29.2 Å². The maximum atomic E-state index is 12.9. The number of rotatable bonds is 13. The number of amides is 1. The number of imidazole rings is 1. The molecule has 0 bridgehead atoms. The predicted octanol–water partition coefficient (Wildman–Crippen LogP) is 4.85. The van der Waals surface area contributed by atoms with Gasteiger partial charge in [0.2, 0.25) is 0 Å². The van der Waals surface area contributed by atoms with E-state index in [1.807, 2.05) is 22.8 Å². The highest BCUT2D eigenvalue weighted by Crippen LogP contribution is 2.49. The van der Waals surface area contributed by atoms with E-state index in [9.17, 15) is 4.79 Å². The van der Waals surface area contributed by atoms with Gasteiger partial charge in [-0.2, -0.15) is 4.80 Å². The Labute approximate surface area is 306 Å². The van der Waals surface area contributed by atoms with Crippen LogP contribution in [0.4, 0.5) is 5.82 Å². The Morgan fingerprint density at radius 2 is 1.69 bits per heavy atom. The molecule has 0 unspecified atom stereocenters. The molecule has 1 N–H and O–H groups in total. The second kappa shape index (κ2) is 15.8. The fraction of sp³-hybridized carbons (Fsp3) is 0.618. The first-order chi connectivity index (χ1) is 24.8. The number of hydrogen-bond acceptors (Lipinski definition) is 13. The number of nitrogens with zero attached hydrogens (tertiary/aromatic N) is 8. The van der Waals surface area contributed by atoms with Gasteiger partial charge in [-0.15, -0.1) is 10.2 Å². The maximum Gasteiger partial charge on any atom is 0.335 e. The van der Waals surface area contributed by atoms with Crippen LogP contribution in [0.1, 0.15) is 67.4 Å². The third kappa shape index (κ3) is 7.55. The van der Waals surface area contributed by atoms with Crippen LogP contribution in [0.2, 0.25) is 22.2 Å². The quantitative estimate of drug-likeness (QED) is 0.184. The molecule has 2 saturated heterocycles. The third-order valence-corrected chi connectivity index (χ3v) is 20.1. The van der Waals surface area contributed by atoms with E-state index in [4.69, 9.17) is 27.2 Å². The number of tetrazole rings is 1. The zero-order chi connectivity index (χ0) is 37.2. The second-order valence-corrected chi connectivity index (χ2v) is 23.4. The van der Waals surface area contributed by atoms with Crippen LogP contribution in [-0.2, 0) is 40.7 Å². The summed E-state index contributed by atoms with van der Waals surface area (Å²) in [4.78, 5) is 27.9. The molecule has 282 valence electrons. The molecular weight excluding hydrogens is 703 g/mol. The maximum absolute atomic E-state index is 12.9. The fourth-order valence-corrected chi connectivity index (χ4v) is 18.4. The molecule has 16 nitrogen and oxygen atoms in total. The molecule has 4 aromatic rings. The van der Waals surface area contributed by atoms with E-state index >= 15 is 0 Å². The molecule has 2 fully saturated rings. The molecule has 1 aromatic carbocycles. The number of ether oxygens (including phenoxy) is 3. The summed E-state index contributed by atoms with van der Waals surface area (Å²) in [5, 5.41) is 15.2. The van der Waals surface area contributed by atoms with Crippen molar-refractivity contribution in [3.8, 4) is 5.75 Å². The average Bonchev–Trinajstić information content (AvgIpc) is 3.81. The predicted molar refractivity (Wildman–Crippen MR) is 196 cm³/mol. The average molecular weight is 754 g/mol. The molecule has 4 atom stereocenters. The van der Waals surface area contributed by atoms with Crippen molar-refractivity contribution in [2.24, 2.45) is 7.05 Å². The van der Waals surface area contributed by atoms with Gasteiger partial charge in [-0.3, -0.25) is 9.36 Å². The molecule has 18 heteroatoms. The van der Waals surface area contributed by atoms with Gasteiger partial charge >= 0.3 is 17.1 Å². The third-order valence-electron chi connectivity index (χ3n) is 9.81. The lowest BCUT2D eigenvalue weighted by Gasteiger charge is -2.51.